The molecule has 2 rings (SSSR count). The van der Waals surface area contributed by atoms with Gasteiger partial charge in [-0.1, -0.05) is 19.8 Å². The predicted octanol–water partition coefficient (Wildman–Crippen LogP) is 2.00. The Morgan fingerprint density at radius 1 is 1.35 bits per heavy atom. The largest absolute Gasteiger partial charge is 0.376 e. The molecule has 2 aliphatic rings. The molecule has 3 heteroatoms. The van der Waals surface area contributed by atoms with E-state index >= 15 is 0 Å². The lowest BCUT2D eigenvalue weighted by atomic mass is 9.79. The van der Waals surface area contributed by atoms with Gasteiger partial charge in [-0.15, -0.1) is 0 Å². The average molecular weight is 240 g/mol. The lowest BCUT2D eigenvalue weighted by molar-refractivity contribution is -0.0466. The molecule has 1 aliphatic carbocycles. The average Bonchev–Trinajstić information content (AvgIpc) is 2.32. The Balaban J connectivity index is 1.92. The molecule has 0 aromatic rings. The van der Waals surface area contributed by atoms with Gasteiger partial charge in [-0.2, -0.15) is 0 Å². The highest BCUT2D eigenvalue weighted by Gasteiger charge is 2.33. The minimum Gasteiger partial charge on any atom is -0.376 e. The maximum Gasteiger partial charge on any atom is 0.0674 e. The van der Waals surface area contributed by atoms with Crippen LogP contribution in [0.2, 0.25) is 0 Å². The van der Waals surface area contributed by atoms with Crippen LogP contribution in [0.3, 0.4) is 0 Å². The van der Waals surface area contributed by atoms with Crippen molar-refractivity contribution in [2.45, 2.75) is 64.1 Å². The molecule has 1 saturated carbocycles. The lowest BCUT2D eigenvalue weighted by Gasteiger charge is -2.44. The summed E-state index contributed by atoms with van der Waals surface area (Å²) in [7, 11) is 0. The van der Waals surface area contributed by atoms with Crippen molar-refractivity contribution < 1.29 is 4.74 Å². The molecule has 2 N–H and O–H groups in total. The van der Waals surface area contributed by atoms with Crippen LogP contribution in [0.5, 0.6) is 0 Å². The molecule has 17 heavy (non-hydrogen) atoms. The summed E-state index contributed by atoms with van der Waals surface area (Å²) >= 11 is 0. The first-order chi connectivity index (χ1) is 8.20. The van der Waals surface area contributed by atoms with Gasteiger partial charge in [0.2, 0.25) is 0 Å². The summed E-state index contributed by atoms with van der Waals surface area (Å²) in [5.41, 5.74) is 6.33. The number of nitrogens with zero attached hydrogens (tertiary/aromatic N) is 1. The van der Waals surface area contributed by atoms with Crippen molar-refractivity contribution in [2.24, 2.45) is 11.7 Å². The fourth-order valence-corrected chi connectivity index (χ4v) is 3.49. The SMILES string of the molecule is CCCC1CCC(N)C(N2CCOC(C)C2)C1. The van der Waals surface area contributed by atoms with Gasteiger partial charge < -0.3 is 10.5 Å². The zero-order chi connectivity index (χ0) is 12.3. The molecule has 100 valence electrons. The fourth-order valence-electron chi connectivity index (χ4n) is 3.49. The third-order valence-electron chi connectivity index (χ3n) is 4.42. The molecule has 0 aromatic carbocycles. The van der Waals surface area contributed by atoms with Crippen molar-refractivity contribution in [3.8, 4) is 0 Å². The zero-order valence-corrected chi connectivity index (χ0v) is 11.4. The Morgan fingerprint density at radius 2 is 2.18 bits per heavy atom. The monoisotopic (exact) mass is 240 g/mol. The van der Waals surface area contributed by atoms with Gasteiger partial charge in [-0.3, -0.25) is 4.90 Å². The van der Waals surface area contributed by atoms with E-state index in [2.05, 4.69) is 18.7 Å². The van der Waals surface area contributed by atoms with E-state index < -0.39 is 0 Å². The summed E-state index contributed by atoms with van der Waals surface area (Å²) in [6, 6.07) is 0.986. The first-order valence-corrected chi connectivity index (χ1v) is 7.32. The van der Waals surface area contributed by atoms with Crippen molar-refractivity contribution in [2.75, 3.05) is 19.7 Å². The van der Waals surface area contributed by atoms with E-state index in [1.54, 1.807) is 0 Å². The first-order valence-electron chi connectivity index (χ1n) is 7.32. The molecule has 0 radical (unpaired) electrons. The van der Waals surface area contributed by atoms with E-state index in [1.807, 2.05) is 0 Å². The highest BCUT2D eigenvalue weighted by molar-refractivity contribution is 4.90. The maximum absolute atomic E-state index is 6.33. The summed E-state index contributed by atoms with van der Waals surface area (Å²) in [6.07, 6.45) is 6.92. The molecule has 1 saturated heterocycles. The van der Waals surface area contributed by atoms with E-state index in [4.69, 9.17) is 10.5 Å². The van der Waals surface area contributed by atoms with E-state index in [0.717, 1.165) is 25.6 Å². The first kappa shape index (κ1) is 13.3. The maximum atomic E-state index is 6.33. The van der Waals surface area contributed by atoms with Crippen molar-refractivity contribution in [3.05, 3.63) is 0 Å². The number of rotatable bonds is 3. The molecular weight excluding hydrogens is 212 g/mol. The quantitative estimate of drug-likeness (QED) is 0.820. The lowest BCUT2D eigenvalue weighted by Crippen LogP contribution is -2.56. The standard InChI is InChI=1S/C14H28N2O/c1-3-4-12-5-6-13(15)14(9-12)16-7-8-17-11(2)10-16/h11-14H,3-10,15H2,1-2H3. The Labute approximate surface area is 106 Å². The summed E-state index contributed by atoms with van der Waals surface area (Å²) in [5, 5.41) is 0. The van der Waals surface area contributed by atoms with Crippen LogP contribution in [0, 0.1) is 5.92 Å². The number of hydrogen-bond donors (Lipinski definition) is 1. The molecule has 4 unspecified atom stereocenters. The van der Waals surface area contributed by atoms with E-state index in [9.17, 15) is 0 Å². The van der Waals surface area contributed by atoms with Gasteiger partial charge in [-0.25, -0.2) is 0 Å². The van der Waals surface area contributed by atoms with Crippen LogP contribution in [0.15, 0.2) is 0 Å². The second-order valence-electron chi connectivity index (χ2n) is 5.88. The van der Waals surface area contributed by atoms with Gasteiger partial charge in [0.25, 0.3) is 0 Å². The Bertz CT molecular complexity index is 234. The predicted molar refractivity (Wildman–Crippen MR) is 71.0 cm³/mol. The molecule has 0 spiro atoms. The molecule has 1 aliphatic heterocycles. The third-order valence-corrected chi connectivity index (χ3v) is 4.42. The minimum atomic E-state index is 0.377. The normalized spacial score (nSPS) is 40.4. The van der Waals surface area contributed by atoms with Gasteiger partial charge in [0, 0.05) is 25.2 Å². The third kappa shape index (κ3) is 3.43. The highest BCUT2D eigenvalue weighted by Crippen LogP contribution is 2.30. The Morgan fingerprint density at radius 3 is 2.88 bits per heavy atom. The zero-order valence-electron chi connectivity index (χ0n) is 11.4. The van der Waals surface area contributed by atoms with Crippen LogP contribution in [-0.2, 0) is 4.74 Å². The number of nitrogens with two attached hydrogens (primary N) is 1. The summed E-state index contributed by atoms with van der Waals surface area (Å²) in [5.74, 6) is 0.906. The Hall–Kier alpha value is -0.120. The van der Waals surface area contributed by atoms with Gasteiger partial charge in [0.1, 0.15) is 0 Å². The topological polar surface area (TPSA) is 38.5 Å². The van der Waals surface area contributed by atoms with E-state index in [-0.39, 0.29) is 0 Å². The fraction of sp³-hybridized carbons (Fsp3) is 1.00. The smallest absolute Gasteiger partial charge is 0.0674 e. The molecular formula is C14H28N2O. The van der Waals surface area contributed by atoms with Crippen LogP contribution in [0.4, 0.5) is 0 Å². The van der Waals surface area contributed by atoms with Crippen LogP contribution in [0.25, 0.3) is 0 Å². The van der Waals surface area contributed by atoms with Gasteiger partial charge in [0.15, 0.2) is 0 Å². The summed E-state index contributed by atoms with van der Waals surface area (Å²) < 4.78 is 5.63. The molecule has 4 atom stereocenters. The van der Waals surface area contributed by atoms with Crippen LogP contribution in [-0.4, -0.2) is 42.8 Å². The minimum absolute atomic E-state index is 0.377. The molecule has 0 amide bonds. The molecule has 2 fully saturated rings. The Kier molecular flexibility index (Phi) is 4.83. The summed E-state index contributed by atoms with van der Waals surface area (Å²) in [4.78, 5) is 2.58. The summed E-state index contributed by atoms with van der Waals surface area (Å²) in [6.45, 7) is 7.48. The second kappa shape index (κ2) is 6.17. The van der Waals surface area contributed by atoms with Gasteiger partial charge in [-0.05, 0) is 32.1 Å². The molecule has 0 aromatic heterocycles. The van der Waals surface area contributed by atoms with E-state index in [1.165, 1.54) is 32.1 Å². The molecule has 3 nitrogen and oxygen atoms in total. The number of ether oxygens (including phenoxy) is 1. The van der Waals surface area contributed by atoms with E-state index in [0.29, 0.717) is 18.2 Å². The molecule has 0 bridgehead atoms. The number of morpholine rings is 1. The number of hydrogen-bond acceptors (Lipinski definition) is 3. The van der Waals surface area contributed by atoms with Gasteiger partial charge in [0.05, 0.1) is 12.7 Å². The van der Waals surface area contributed by atoms with Crippen molar-refractivity contribution in [1.82, 2.24) is 4.90 Å². The van der Waals surface area contributed by atoms with Crippen LogP contribution in [0.1, 0.15) is 46.0 Å². The van der Waals surface area contributed by atoms with Gasteiger partial charge >= 0.3 is 0 Å². The second-order valence-corrected chi connectivity index (χ2v) is 5.88. The van der Waals surface area contributed by atoms with Crippen LogP contribution >= 0.6 is 0 Å². The van der Waals surface area contributed by atoms with Crippen molar-refractivity contribution >= 4 is 0 Å². The van der Waals surface area contributed by atoms with Crippen molar-refractivity contribution in [3.63, 3.8) is 0 Å². The van der Waals surface area contributed by atoms with Crippen LogP contribution < -0.4 is 5.73 Å². The molecule has 1 heterocycles. The van der Waals surface area contributed by atoms with Crippen molar-refractivity contribution in [1.29, 1.82) is 0 Å². The highest BCUT2D eigenvalue weighted by atomic mass is 16.5.